The van der Waals surface area contributed by atoms with E-state index in [-0.39, 0.29) is 16.6 Å². The van der Waals surface area contributed by atoms with Crippen LogP contribution in [0.4, 0.5) is 5.69 Å². The summed E-state index contributed by atoms with van der Waals surface area (Å²) in [6.45, 7) is 2.89. The summed E-state index contributed by atoms with van der Waals surface area (Å²) in [5.41, 5.74) is 1.17. The lowest BCUT2D eigenvalue weighted by molar-refractivity contribution is -0.113. The lowest BCUT2D eigenvalue weighted by Gasteiger charge is -2.26. The predicted molar refractivity (Wildman–Crippen MR) is 107 cm³/mol. The van der Waals surface area contributed by atoms with Crippen LogP contribution in [0.5, 0.6) is 0 Å². The lowest BCUT2D eigenvalue weighted by atomic mass is 10.2. The second kappa shape index (κ2) is 8.86. The SMILES string of the molecule is Cc1ccc(NC(=O)CSc2ccccn2)cc1S(=O)(=O)N1CCCCC1. The van der Waals surface area contributed by atoms with Gasteiger partial charge in [0.15, 0.2) is 0 Å². The Hall–Kier alpha value is -1.90. The fraction of sp³-hybridized carbons (Fsp3) is 0.368. The van der Waals surface area contributed by atoms with Crippen molar-refractivity contribution in [2.45, 2.75) is 36.1 Å². The van der Waals surface area contributed by atoms with Crippen LogP contribution < -0.4 is 5.32 Å². The van der Waals surface area contributed by atoms with E-state index >= 15 is 0 Å². The number of benzene rings is 1. The summed E-state index contributed by atoms with van der Waals surface area (Å²) in [6, 6.07) is 10.5. The number of amides is 1. The second-order valence-corrected chi connectivity index (χ2v) is 9.35. The Morgan fingerprint density at radius 2 is 1.96 bits per heavy atom. The van der Waals surface area contributed by atoms with Crippen molar-refractivity contribution in [2.75, 3.05) is 24.2 Å². The highest BCUT2D eigenvalue weighted by Crippen LogP contribution is 2.26. The van der Waals surface area contributed by atoms with Crippen molar-refractivity contribution in [1.29, 1.82) is 0 Å². The van der Waals surface area contributed by atoms with Gasteiger partial charge in [-0.1, -0.05) is 30.3 Å². The average Bonchev–Trinajstić information content (AvgIpc) is 2.69. The number of pyridine rings is 1. The van der Waals surface area contributed by atoms with Gasteiger partial charge in [-0.25, -0.2) is 13.4 Å². The summed E-state index contributed by atoms with van der Waals surface area (Å²) in [7, 11) is -3.54. The molecule has 1 N–H and O–H groups in total. The first-order valence-electron chi connectivity index (χ1n) is 8.91. The van der Waals surface area contributed by atoms with Crippen LogP contribution in [-0.2, 0) is 14.8 Å². The van der Waals surface area contributed by atoms with Gasteiger partial charge in [-0.2, -0.15) is 4.31 Å². The molecule has 0 atom stereocenters. The monoisotopic (exact) mass is 405 g/mol. The number of rotatable bonds is 6. The van der Waals surface area contributed by atoms with Gasteiger partial charge in [0.05, 0.1) is 15.7 Å². The maximum atomic E-state index is 13.0. The standard InChI is InChI=1S/C19H23N3O3S2/c1-15-8-9-16(21-18(23)14-26-19-7-3-4-10-20-19)13-17(15)27(24,25)22-11-5-2-6-12-22/h3-4,7-10,13H,2,5-6,11-12,14H2,1H3,(H,21,23). The number of hydrogen-bond donors (Lipinski definition) is 1. The zero-order valence-corrected chi connectivity index (χ0v) is 16.9. The molecule has 6 nitrogen and oxygen atoms in total. The Morgan fingerprint density at radius 3 is 2.67 bits per heavy atom. The number of aryl methyl sites for hydroxylation is 1. The van der Waals surface area contributed by atoms with E-state index in [0.29, 0.717) is 24.3 Å². The number of hydrogen-bond acceptors (Lipinski definition) is 5. The minimum absolute atomic E-state index is 0.198. The first-order chi connectivity index (χ1) is 13.0. The van der Waals surface area contributed by atoms with Crippen LogP contribution in [-0.4, -0.2) is 42.5 Å². The van der Waals surface area contributed by atoms with Crippen molar-refractivity contribution in [3.05, 3.63) is 48.2 Å². The Labute approximate surface area is 164 Å². The number of carbonyl (C=O) groups excluding carboxylic acids is 1. The molecule has 1 aromatic heterocycles. The number of aromatic nitrogens is 1. The van der Waals surface area contributed by atoms with Crippen LogP contribution in [0.3, 0.4) is 0 Å². The Bertz CT molecular complexity index is 896. The third-order valence-electron chi connectivity index (χ3n) is 4.39. The minimum atomic E-state index is -3.54. The minimum Gasteiger partial charge on any atom is -0.325 e. The van der Waals surface area contributed by atoms with Crippen LogP contribution in [0, 0.1) is 6.92 Å². The molecule has 1 fully saturated rings. The molecule has 1 amide bonds. The first-order valence-corrected chi connectivity index (χ1v) is 11.3. The lowest BCUT2D eigenvalue weighted by Crippen LogP contribution is -2.36. The zero-order valence-electron chi connectivity index (χ0n) is 15.2. The van der Waals surface area contributed by atoms with Gasteiger partial charge in [-0.15, -0.1) is 0 Å². The molecule has 2 aromatic rings. The highest BCUT2D eigenvalue weighted by molar-refractivity contribution is 7.99. The summed E-state index contributed by atoms with van der Waals surface area (Å²) in [4.78, 5) is 16.6. The molecule has 0 radical (unpaired) electrons. The Balaban J connectivity index is 1.70. The summed E-state index contributed by atoms with van der Waals surface area (Å²) in [5.74, 6) is 0.00913. The highest BCUT2D eigenvalue weighted by Gasteiger charge is 2.27. The van der Waals surface area contributed by atoms with Crippen LogP contribution in [0.25, 0.3) is 0 Å². The first kappa shape index (κ1) is 19.9. The van der Waals surface area contributed by atoms with Gasteiger partial charge >= 0.3 is 0 Å². The van der Waals surface area contributed by atoms with E-state index in [2.05, 4.69) is 10.3 Å². The number of carbonyl (C=O) groups is 1. The molecule has 144 valence electrons. The molecule has 1 saturated heterocycles. The van der Waals surface area contributed by atoms with Gasteiger partial charge in [0.1, 0.15) is 0 Å². The van der Waals surface area contributed by atoms with Gasteiger partial charge in [0.2, 0.25) is 15.9 Å². The third-order valence-corrected chi connectivity index (χ3v) is 7.38. The van der Waals surface area contributed by atoms with Crippen LogP contribution in [0.2, 0.25) is 0 Å². The fourth-order valence-electron chi connectivity index (χ4n) is 2.97. The van der Waals surface area contributed by atoms with Crippen molar-refractivity contribution in [2.24, 2.45) is 0 Å². The molecule has 0 saturated carbocycles. The molecule has 1 aliphatic heterocycles. The van der Waals surface area contributed by atoms with Gasteiger partial charge in [0.25, 0.3) is 0 Å². The largest absolute Gasteiger partial charge is 0.325 e. The molecule has 2 heterocycles. The van der Waals surface area contributed by atoms with E-state index in [1.807, 2.05) is 18.2 Å². The van der Waals surface area contributed by atoms with Crippen LogP contribution in [0.1, 0.15) is 24.8 Å². The zero-order chi connectivity index (χ0) is 19.3. The van der Waals surface area contributed by atoms with E-state index in [9.17, 15) is 13.2 Å². The van der Waals surface area contributed by atoms with Gasteiger partial charge in [-0.05, 0) is 49.6 Å². The molecule has 1 aliphatic rings. The quantitative estimate of drug-likeness (QED) is 0.746. The number of anilines is 1. The van der Waals surface area contributed by atoms with Crippen molar-refractivity contribution in [3.63, 3.8) is 0 Å². The molecule has 0 unspecified atom stereocenters. The molecule has 0 spiro atoms. The highest BCUT2D eigenvalue weighted by atomic mass is 32.2. The summed E-state index contributed by atoms with van der Waals surface area (Å²) >= 11 is 1.33. The Kier molecular flexibility index (Phi) is 6.51. The van der Waals surface area contributed by atoms with Gasteiger partial charge in [0, 0.05) is 25.0 Å². The van der Waals surface area contributed by atoms with Gasteiger partial charge in [-0.3, -0.25) is 4.79 Å². The van der Waals surface area contributed by atoms with E-state index in [0.717, 1.165) is 24.3 Å². The van der Waals surface area contributed by atoms with Crippen molar-refractivity contribution < 1.29 is 13.2 Å². The normalized spacial score (nSPS) is 15.4. The Morgan fingerprint density at radius 1 is 1.19 bits per heavy atom. The number of sulfonamides is 1. The number of piperidine rings is 1. The molecular weight excluding hydrogens is 382 g/mol. The van der Waals surface area contributed by atoms with Gasteiger partial charge < -0.3 is 5.32 Å². The van der Waals surface area contributed by atoms with Crippen molar-refractivity contribution in [1.82, 2.24) is 9.29 Å². The summed E-state index contributed by atoms with van der Waals surface area (Å²) in [5, 5.41) is 3.55. The summed E-state index contributed by atoms with van der Waals surface area (Å²) < 4.78 is 27.5. The molecule has 1 aromatic carbocycles. The van der Waals surface area contributed by atoms with E-state index in [1.54, 1.807) is 35.6 Å². The molecular formula is C19H23N3O3S2. The summed E-state index contributed by atoms with van der Waals surface area (Å²) in [6.07, 6.45) is 4.52. The molecule has 27 heavy (non-hydrogen) atoms. The number of nitrogens with one attached hydrogen (secondary N) is 1. The molecule has 3 rings (SSSR count). The van der Waals surface area contributed by atoms with E-state index in [4.69, 9.17) is 0 Å². The number of thioether (sulfide) groups is 1. The second-order valence-electron chi connectivity index (χ2n) is 6.45. The predicted octanol–water partition coefficient (Wildman–Crippen LogP) is 3.30. The maximum absolute atomic E-state index is 13.0. The maximum Gasteiger partial charge on any atom is 0.243 e. The molecule has 0 aliphatic carbocycles. The van der Waals surface area contributed by atoms with Crippen LogP contribution in [0.15, 0.2) is 52.5 Å². The van der Waals surface area contributed by atoms with Crippen molar-refractivity contribution >= 4 is 33.4 Å². The topological polar surface area (TPSA) is 79.4 Å². The van der Waals surface area contributed by atoms with Crippen LogP contribution >= 0.6 is 11.8 Å². The smallest absolute Gasteiger partial charge is 0.243 e. The van der Waals surface area contributed by atoms with E-state index in [1.165, 1.54) is 11.8 Å². The molecule has 0 bridgehead atoms. The molecule has 8 heteroatoms. The average molecular weight is 406 g/mol. The number of nitrogens with zero attached hydrogens (tertiary/aromatic N) is 2. The third kappa shape index (κ3) is 5.09. The van der Waals surface area contributed by atoms with E-state index < -0.39 is 10.0 Å². The van der Waals surface area contributed by atoms with Crippen molar-refractivity contribution in [3.8, 4) is 0 Å². The fourth-order valence-corrected chi connectivity index (χ4v) is 5.40.